The number of nitrogens with zero attached hydrogens (tertiary/aromatic N) is 1. The molecule has 106 valence electrons. The van der Waals surface area contributed by atoms with Crippen LogP contribution in [0.2, 0.25) is 0 Å². The number of methoxy groups -OCH3 is 2. The van der Waals surface area contributed by atoms with Gasteiger partial charge in [-0.25, -0.2) is 0 Å². The molecule has 1 aromatic rings. The molecule has 0 fully saturated rings. The first-order chi connectivity index (χ1) is 8.99. The Morgan fingerprint density at radius 2 is 1.84 bits per heavy atom. The monoisotopic (exact) mass is 268 g/mol. The van der Waals surface area contributed by atoms with Gasteiger partial charge in [0.1, 0.15) is 0 Å². The van der Waals surface area contributed by atoms with Crippen molar-refractivity contribution in [3.05, 3.63) is 27.8 Å². The zero-order valence-electron chi connectivity index (χ0n) is 11.7. The van der Waals surface area contributed by atoms with Crippen LogP contribution in [-0.2, 0) is 6.42 Å². The SMILES string of the molecule is COc1cc(CCNC(C)C)c([N+](=O)[O-])cc1OC. The van der Waals surface area contributed by atoms with Crippen LogP contribution in [0.15, 0.2) is 12.1 Å². The van der Waals surface area contributed by atoms with Gasteiger partial charge < -0.3 is 14.8 Å². The second-order valence-electron chi connectivity index (χ2n) is 4.45. The quantitative estimate of drug-likeness (QED) is 0.606. The van der Waals surface area contributed by atoms with Crippen molar-refractivity contribution in [1.29, 1.82) is 0 Å². The minimum atomic E-state index is -0.396. The van der Waals surface area contributed by atoms with Gasteiger partial charge in [-0.2, -0.15) is 0 Å². The van der Waals surface area contributed by atoms with Crippen molar-refractivity contribution < 1.29 is 14.4 Å². The topological polar surface area (TPSA) is 73.6 Å². The molecule has 0 saturated heterocycles. The molecule has 0 aliphatic carbocycles. The van der Waals surface area contributed by atoms with E-state index >= 15 is 0 Å². The van der Waals surface area contributed by atoms with Crippen molar-refractivity contribution in [2.24, 2.45) is 0 Å². The fourth-order valence-corrected chi connectivity index (χ4v) is 1.78. The Hall–Kier alpha value is -1.82. The highest BCUT2D eigenvalue weighted by Crippen LogP contribution is 2.34. The lowest BCUT2D eigenvalue weighted by Gasteiger charge is -2.12. The maximum atomic E-state index is 11.1. The zero-order chi connectivity index (χ0) is 14.4. The molecule has 0 spiro atoms. The molecule has 0 amide bonds. The first kappa shape index (κ1) is 15.2. The van der Waals surface area contributed by atoms with Gasteiger partial charge in [-0.05, 0) is 19.0 Å². The summed E-state index contributed by atoms with van der Waals surface area (Å²) in [6, 6.07) is 3.42. The Bertz CT molecular complexity index is 447. The van der Waals surface area contributed by atoms with E-state index in [4.69, 9.17) is 9.47 Å². The Kier molecular flexibility index (Phi) is 5.57. The van der Waals surface area contributed by atoms with Gasteiger partial charge in [0.05, 0.1) is 25.2 Å². The Balaban J connectivity index is 3.02. The summed E-state index contributed by atoms with van der Waals surface area (Å²) in [7, 11) is 2.97. The predicted molar refractivity (Wildman–Crippen MR) is 73.0 cm³/mol. The van der Waals surface area contributed by atoms with Gasteiger partial charge in [-0.1, -0.05) is 13.8 Å². The van der Waals surface area contributed by atoms with Crippen molar-refractivity contribution >= 4 is 5.69 Å². The van der Waals surface area contributed by atoms with Crippen LogP contribution < -0.4 is 14.8 Å². The smallest absolute Gasteiger partial charge is 0.276 e. The molecule has 1 rings (SSSR count). The van der Waals surface area contributed by atoms with Crippen LogP contribution in [-0.4, -0.2) is 31.7 Å². The molecular formula is C13H20N2O4. The number of ether oxygens (including phenoxy) is 2. The first-order valence-electron chi connectivity index (χ1n) is 6.12. The molecule has 1 N–H and O–H groups in total. The van der Waals surface area contributed by atoms with Gasteiger partial charge in [0.15, 0.2) is 11.5 Å². The molecule has 0 bridgehead atoms. The second kappa shape index (κ2) is 6.94. The summed E-state index contributed by atoms with van der Waals surface area (Å²) in [5.74, 6) is 0.877. The number of hydrogen-bond donors (Lipinski definition) is 1. The van der Waals surface area contributed by atoms with E-state index in [1.807, 2.05) is 13.8 Å². The maximum absolute atomic E-state index is 11.1. The van der Waals surface area contributed by atoms with Crippen molar-refractivity contribution in [2.45, 2.75) is 26.3 Å². The van der Waals surface area contributed by atoms with Gasteiger partial charge in [0.25, 0.3) is 5.69 Å². The molecule has 6 nitrogen and oxygen atoms in total. The minimum Gasteiger partial charge on any atom is -0.493 e. The van der Waals surface area contributed by atoms with Crippen LogP contribution in [0, 0.1) is 10.1 Å². The first-order valence-corrected chi connectivity index (χ1v) is 6.12. The summed E-state index contributed by atoms with van der Waals surface area (Å²) >= 11 is 0. The Morgan fingerprint density at radius 1 is 1.26 bits per heavy atom. The number of rotatable bonds is 7. The molecule has 0 aromatic heterocycles. The highest BCUT2D eigenvalue weighted by molar-refractivity contribution is 5.54. The van der Waals surface area contributed by atoms with Gasteiger partial charge >= 0.3 is 0 Å². The third-order valence-electron chi connectivity index (χ3n) is 2.73. The van der Waals surface area contributed by atoms with Crippen molar-refractivity contribution in [3.63, 3.8) is 0 Å². The average molecular weight is 268 g/mol. The summed E-state index contributed by atoms with van der Waals surface area (Å²) in [6.45, 7) is 4.74. The molecule has 0 unspecified atom stereocenters. The molecule has 0 aliphatic heterocycles. The van der Waals surface area contributed by atoms with Crippen LogP contribution in [0.5, 0.6) is 11.5 Å². The molecule has 0 atom stereocenters. The van der Waals surface area contributed by atoms with E-state index < -0.39 is 4.92 Å². The number of nitro groups is 1. The lowest BCUT2D eigenvalue weighted by molar-refractivity contribution is -0.385. The molecule has 0 aliphatic rings. The lowest BCUT2D eigenvalue weighted by Crippen LogP contribution is -2.25. The fourth-order valence-electron chi connectivity index (χ4n) is 1.78. The summed E-state index contributed by atoms with van der Waals surface area (Å²) in [5, 5.41) is 14.3. The number of nitrogens with one attached hydrogen (secondary N) is 1. The normalized spacial score (nSPS) is 10.6. The van der Waals surface area contributed by atoms with Gasteiger partial charge in [-0.3, -0.25) is 10.1 Å². The molecule has 0 heterocycles. The number of nitro benzene ring substituents is 1. The fraction of sp³-hybridized carbons (Fsp3) is 0.538. The summed E-state index contributed by atoms with van der Waals surface area (Å²) in [4.78, 5) is 10.7. The van der Waals surface area contributed by atoms with Gasteiger partial charge in [0, 0.05) is 11.6 Å². The zero-order valence-corrected chi connectivity index (χ0v) is 11.7. The molecule has 1 aromatic carbocycles. The predicted octanol–water partition coefficient (Wildman–Crippen LogP) is 2.15. The highest BCUT2D eigenvalue weighted by Gasteiger charge is 2.19. The molecule has 0 radical (unpaired) electrons. The van der Waals surface area contributed by atoms with Crippen molar-refractivity contribution in [3.8, 4) is 11.5 Å². The van der Waals surface area contributed by atoms with Crippen LogP contribution in [0.25, 0.3) is 0 Å². The Labute approximate surface area is 112 Å². The molecule has 6 heteroatoms. The summed E-state index contributed by atoms with van der Waals surface area (Å²) in [6.07, 6.45) is 0.564. The second-order valence-corrected chi connectivity index (χ2v) is 4.45. The standard InChI is InChI=1S/C13H20N2O4/c1-9(2)14-6-5-10-7-12(18-3)13(19-4)8-11(10)15(16)17/h7-9,14H,5-6H2,1-4H3. The summed E-state index contributed by atoms with van der Waals surface area (Å²) < 4.78 is 10.3. The van der Waals surface area contributed by atoms with E-state index in [0.29, 0.717) is 36.1 Å². The van der Waals surface area contributed by atoms with E-state index in [-0.39, 0.29) is 5.69 Å². The Morgan fingerprint density at radius 3 is 2.32 bits per heavy atom. The lowest BCUT2D eigenvalue weighted by atomic mass is 10.1. The van der Waals surface area contributed by atoms with Crippen LogP contribution in [0.4, 0.5) is 5.69 Å². The summed E-state index contributed by atoms with van der Waals surface area (Å²) in [5.41, 5.74) is 0.694. The molecule has 19 heavy (non-hydrogen) atoms. The van der Waals surface area contributed by atoms with E-state index in [1.54, 1.807) is 6.07 Å². The van der Waals surface area contributed by atoms with Gasteiger partial charge in [0.2, 0.25) is 0 Å². The highest BCUT2D eigenvalue weighted by atomic mass is 16.6. The van der Waals surface area contributed by atoms with E-state index in [1.165, 1.54) is 20.3 Å². The average Bonchev–Trinajstić information content (AvgIpc) is 2.37. The van der Waals surface area contributed by atoms with E-state index in [0.717, 1.165) is 0 Å². The van der Waals surface area contributed by atoms with E-state index in [9.17, 15) is 10.1 Å². The molecule has 0 saturated carbocycles. The number of hydrogen-bond acceptors (Lipinski definition) is 5. The minimum absolute atomic E-state index is 0.0585. The largest absolute Gasteiger partial charge is 0.493 e. The van der Waals surface area contributed by atoms with Crippen LogP contribution in [0.3, 0.4) is 0 Å². The van der Waals surface area contributed by atoms with Crippen molar-refractivity contribution in [2.75, 3.05) is 20.8 Å². The molecular weight excluding hydrogens is 248 g/mol. The third kappa shape index (κ3) is 4.10. The maximum Gasteiger partial charge on any atom is 0.276 e. The van der Waals surface area contributed by atoms with Crippen LogP contribution in [0.1, 0.15) is 19.4 Å². The third-order valence-corrected chi connectivity index (χ3v) is 2.73. The van der Waals surface area contributed by atoms with E-state index in [2.05, 4.69) is 5.32 Å². The van der Waals surface area contributed by atoms with Gasteiger partial charge in [-0.15, -0.1) is 0 Å². The van der Waals surface area contributed by atoms with Crippen molar-refractivity contribution in [1.82, 2.24) is 5.32 Å². The number of benzene rings is 1. The van der Waals surface area contributed by atoms with Crippen LogP contribution >= 0.6 is 0 Å².